The summed E-state index contributed by atoms with van der Waals surface area (Å²) in [4.78, 5) is 18.8. The van der Waals surface area contributed by atoms with Gasteiger partial charge in [-0.1, -0.05) is 54.6 Å². The lowest BCUT2D eigenvalue weighted by atomic mass is 10.1. The number of anilines is 1. The molecule has 1 amide bonds. The molecule has 1 heterocycles. The third-order valence-electron chi connectivity index (χ3n) is 3.90. The van der Waals surface area contributed by atoms with E-state index in [0.717, 1.165) is 17.7 Å². The van der Waals surface area contributed by atoms with E-state index in [2.05, 4.69) is 17.1 Å². The van der Waals surface area contributed by atoms with Crippen LogP contribution in [0.5, 0.6) is 0 Å². The van der Waals surface area contributed by atoms with Crippen LogP contribution in [-0.4, -0.2) is 10.9 Å². The highest BCUT2D eigenvalue weighted by atomic mass is 16.2. The fourth-order valence-electron chi connectivity index (χ4n) is 2.64. The molecule has 0 spiro atoms. The maximum atomic E-state index is 12.8. The van der Waals surface area contributed by atoms with E-state index in [9.17, 15) is 4.79 Å². The second-order valence-corrected chi connectivity index (χ2v) is 5.66. The molecule has 3 rings (SSSR count). The van der Waals surface area contributed by atoms with E-state index in [1.165, 1.54) is 5.56 Å². The smallest absolute Gasteiger partial charge is 0.227 e. The molecule has 0 aliphatic carbocycles. The third kappa shape index (κ3) is 4.29. The number of pyridine rings is 1. The molecular formula is C21H20N2O. The molecule has 0 fully saturated rings. The minimum absolute atomic E-state index is 0.119. The summed E-state index contributed by atoms with van der Waals surface area (Å²) in [6.07, 6.45) is 4.78. The zero-order valence-electron chi connectivity index (χ0n) is 13.5. The molecule has 0 bridgehead atoms. The number of amides is 1. The predicted molar refractivity (Wildman–Crippen MR) is 96.6 cm³/mol. The van der Waals surface area contributed by atoms with E-state index in [0.29, 0.717) is 13.0 Å². The van der Waals surface area contributed by atoms with Crippen molar-refractivity contribution in [3.8, 4) is 0 Å². The van der Waals surface area contributed by atoms with Crippen molar-refractivity contribution in [2.75, 3.05) is 4.90 Å². The minimum atomic E-state index is 0.119. The normalized spacial score (nSPS) is 10.3. The average molecular weight is 316 g/mol. The highest BCUT2D eigenvalue weighted by molar-refractivity contribution is 5.93. The summed E-state index contributed by atoms with van der Waals surface area (Å²) in [7, 11) is 0. The molecule has 2 aromatic carbocycles. The van der Waals surface area contributed by atoms with Crippen LogP contribution in [0, 0.1) is 0 Å². The number of carbonyl (C=O) groups is 1. The first-order valence-corrected chi connectivity index (χ1v) is 8.11. The van der Waals surface area contributed by atoms with Crippen LogP contribution in [-0.2, 0) is 17.8 Å². The lowest BCUT2D eigenvalue weighted by Crippen LogP contribution is -2.30. The minimum Gasteiger partial charge on any atom is -0.308 e. The Kier molecular flexibility index (Phi) is 5.36. The van der Waals surface area contributed by atoms with Gasteiger partial charge in [0.1, 0.15) is 0 Å². The molecule has 24 heavy (non-hydrogen) atoms. The molecule has 0 unspecified atom stereocenters. The lowest BCUT2D eigenvalue weighted by Gasteiger charge is -2.23. The quantitative estimate of drug-likeness (QED) is 0.681. The Morgan fingerprint density at radius 2 is 1.50 bits per heavy atom. The van der Waals surface area contributed by atoms with Gasteiger partial charge < -0.3 is 4.90 Å². The number of aryl methyl sites for hydroxylation is 1. The number of para-hydroxylation sites is 1. The van der Waals surface area contributed by atoms with Gasteiger partial charge in [-0.3, -0.25) is 9.78 Å². The zero-order chi connectivity index (χ0) is 16.6. The molecule has 120 valence electrons. The number of hydrogen-bond donors (Lipinski definition) is 0. The van der Waals surface area contributed by atoms with Crippen molar-refractivity contribution in [1.29, 1.82) is 0 Å². The number of hydrogen-bond acceptors (Lipinski definition) is 2. The Labute approximate surface area is 142 Å². The molecule has 0 radical (unpaired) electrons. The summed E-state index contributed by atoms with van der Waals surface area (Å²) in [5.41, 5.74) is 3.12. The van der Waals surface area contributed by atoms with E-state index in [-0.39, 0.29) is 5.91 Å². The van der Waals surface area contributed by atoms with Crippen molar-refractivity contribution in [2.45, 2.75) is 19.4 Å². The van der Waals surface area contributed by atoms with Crippen molar-refractivity contribution >= 4 is 11.6 Å². The maximum absolute atomic E-state index is 12.8. The molecule has 0 N–H and O–H groups in total. The summed E-state index contributed by atoms with van der Waals surface area (Å²) in [6, 6.07) is 23.8. The van der Waals surface area contributed by atoms with E-state index in [1.54, 1.807) is 12.4 Å². The van der Waals surface area contributed by atoms with Crippen LogP contribution in [0.3, 0.4) is 0 Å². The molecule has 3 heteroatoms. The van der Waals surface area contributed by atoms with Gasteiger partial charge in [-0.2, -0.15) is 0 Å². The summed E-state index contributed by atoms with van der Waals surface area (Å²) < 4.78 is 0. The lowest BCUT2D eigenvalue weighted by molar-refractivity contribution is -0.118. The largest absolute Gasteiger partial charge is 0.308 e. The fourth-order valence-corrected chi connectivity index (χ4v) is 2.64. The highest BCUT2D eigenvalue weighted by Crippen LogP contribution is 2.18. The van der Waals surface area contributed by atoms with Crippen molar-refractivity contribution in [3.05, 3.63) is 96.3 Å². The van der Waals surface area contributed by atoms with Gasteiger partial charge in [0, 0.05) is 24.5 Å². The first kappa shape index (κ1) is 15.9. The maximum Gasteiger partial charge on any atom is 0.227 e. The summed E-state index contributed by atoms with van der Waals surface area (Å²) in [5.74, 6) is 0.119. The Balaban J connectivity index is 1.75. The first-order valence-electron chi connectivity index (χ1n) is 8.11. The second kappa shape index (κ2) is 8.06. The molecule has 0 aliphatic heterocycles. The molecule has 3 nitrogen and oxygen atoms in total. The molecular weight excluding hydrogens is 296 g/mol. The first-order chi connectivity index (χ1) is 11.8. The molecule has 0 saturated carbocycles. The van der Waals surface area contributed by atoms with Crippen LogP contribution in [0.15, 0.2) is 85.2 Å². The van der Waals surface area contributed by atoms with Crippen LogP contribution in [0.4, 0.5) is 5.69 Å². The predicted octanol–water partition coefficient (Wildman–Crippen LogP) is 4.25. The Morgan fingerprint density at radius 1 is 0.833 bits per heavy atom. The number of rotatable bonds is 6. The Hall–Kier alpha value is -2.94. The Bertz CT molecular complexity index is 758. The van der Waals surface area contributed by atoms with Crippen molar-refractivity contribution in [1.82, 2.24) is 4.98 Å². The van der Waals surface area contributed by atoms with E-state index in [4.69, 9.17) is 0 Å². The fraction of sp³-hybridized carbons (Fsp3) is 0.143. The number of benzene rings is 2. The van der Waals surface area contributed by atoms with Gasteiger partial charge in [-0.05, 0) is 35.7 Å². The second-order valence-electron chi connectivity index (χ2n) is 5.66. The van der Waals surface area contributed by atoms with E-state index < -0.39 is 0 Å². The van der Waals surface area contributed by atoms with Crippen molar-refractivity contribution in [3.63, 3.8) is 0 Å². The van der Waals surface area contributed by atoms with Gasteiger partial charge in [-0.15, -0.1) is 0 Å². The van der Waals surface area contributed by atoms with Gasteiger partial charge in [0.15, 0.2) is 0 Å². The monoisotopic (exact) mass is 316 g/mol. The summed E-state index contributed by atoms with van der Waals surface area (Å²) in [6.45, 7) is 0.533. The van der Waals surface area contributed by atoms with Gasteiger partial charge in [0.25, 0.3) is 0 Å². The molecule has 0 saturated heterocycles. The van der Waals surface area contributed by atoms with Crippen LogP contribution in [0.1, 0.15) is 17.5 Å². The number of carbonyl (C=O) groups excluding carboxylic acids is 1. The van der Waals surface area contributed by atoms with Crippen LogP contribution in [0.2, 0.25) is 0 Å². The molecule has 3 aromatic rings. The van der Waals surface area contributed by atoms with E-state index in [1.807, 2.05) is 65.6 Å². The standard InChI is InChI=1S/C21H20N2O/c24-21(14-13-18-8-3-1-4-9-18)23(20-11-5-2-6-12-20)17-19-10-7-15-22-16-19/h1-12,15-16H,13-14,17H2. The molecule has 0 atom stereocenters. The highest BCUT2D eigenvalue weighted by Gasteiger charge is 2.16. The number of nitrogens with zero attached hydrogens (tertiary/aromatic N) is 2. The SMILES string of the molecule is O=C(CCc1ccccc1)N(Cc1cccnc1)c1ccccc1. The van der Waals surface area contributed by atoms with Crippen LogP contribution < -0.4 is 4.90 Å². The van der Waals surface area contributed by atoms with Crippen LogP contribution >= 0.6 is 0 Å². The van der Waals surface area contributed by atoms with Crippen LogP contribution in [0.25, 0.3) is 0 Å². The van der Waals surface area contributed by atoms with E-state index >= 15 is 0 Å². The van der Waals surface area contributed by atoms with Crippen molar-refractivity contribution < 1.29 is 4.79 Å². The zero-order valence-corrected chi connectivity index (χ0v) is 13.5. The average Bonchev–Trinajstić information content (AvgIpc) is 2.66. The van der Waals surface area contributed by atoms with Gasteiger partial charge in [0.2, 0.25) is 5.91 Å². The number of aromatic nitrogens is 1. The summed E-state index contributed by atoms with van der Waals surface area (Å²) >= 11 is 0. The van der Waals surface area contributed by atoms with Crippen molar-refractivity contribution in [2.24, 2.45) is 0 Å². The summed E-state index contributed by atoms with van der Waals surface area (Å²) in [5, 5.41) is 0. The Morgan fingerprint density at radius 3 is 2.17 bits per heavy atom. The van der Waals surface area contributed by atoms with Gasteiger partial charge >= 0.3 is 0 Å². The van der Waals surface area contributed by atoms with Gasteiger partial charge in [-0.25, -0.2) is 0 Å². The molecule has 1 aromatic heterocycles. The topological polar surface area (TPSA) is 33.2 Å². The van der Waals surface area contributed by atoms with Gasteiger partial charge in [0.05, 0.1) is 6.54 Å². The third-order valence-corrected chi connectivity index (χ3v) is 3.90. The molecule has 0 aliphatic rings.